The third kappa shape index (κ3) is 10.5. The van der Waals surface area contributed by atoms with Crippen LogP contribution in [0.25, 0.3) is 0 Å². The van der Waals surface area contributed by atoms with E-state index in [0.717, 1.165) is 24.2 Å². The highest BCUT2D eigenvalue weighted by atomic mass is 127. The SMILES string of the molecule is CCNC(=NCc1ccc(COCC(F)(F)F)cc1)NCCn1cc(C)cn1.I. The summed E-state index contributed by atoms with van der Waals surface area (Å²) in [6.45, 7) is 5.28. The molecule has 0 spiro atoms. The van der Waals surface area contributed by atoms with Crippen LogP contribution in [0.15, 0.2) is 41.7 Å². The smallest absolute Gasteiger partial charge is 0.367 e. The maximum Gasteiger partial charge on any atom is 0.411 e. The van der Waals surface area contributed by atoms with E-state index in [2.05, 4.69) is 25.5 Å². The molecule has 0 saturated heterocycles. The van der Waals surface area contributed by atoms with Crippen LogP contribution in [0.5, 0.6) is 0 Å². The molecule has 0 atom stereocenters. The standard InChI is InChI=1S/C19H26F3N5O.HI/c1-3-23-18(24-8-9-27-12-15(2)10-26-27)25-11-16-4-6-17(7-5-16)13-28-14-19(20,21)22;/h4-7,10,12H,3,8-9,11,13-14H2,1-2H3,(H2,23,24,25);1H. The number of nitrogens with one attached hydrogen (secondary N) is 2. The van der Waals surface area contributed by atoms with Crippen molar-refractivity contribution in [1.82, 2.24) is 20.4 Å². The highest BCUT2D eigenvalue weighted by Crippen LogP contribution is 2.16. The molecule has 0 amide bonds. The number of guanidine groups is 1. The number of hydrogen-bond acceptors (Lipinski definition) is 3. The molecule has 0 saturated carbocycles. The van der Waals surface area contributed by atoms with Crippen molar-refractivity contribution in [2.45, 2.75) is 39.7 Å². The van der Waals surface area contributed by atoms with E-state index in [1.165, 1.54) is 0 Å². The molecule has 2 aromatic rings. The Morgan fingerprint density at radius 3 is 2.45 bits per heavy atom. The van der Waals surface area contributed by atoms with Crippen LogP contribution in [-0.4, -0.2) is 41.6 Å². The first-order chi connectivity index (χ1) is 13.4. The summed E-state index contributed by atoms with van der Waals surface area (Å²) in [4.78, 5) is 4.53. The third-order valence-corrected chi connectivity index (χ3v) is 3.72. The van der Waals surface area contributed by atoms with Gasteiger partial charge in [-0.3, -0.25) is 4.68 Å². The zero-order chi connectivity index (χ0) is 20.4. The molecular weight excluding hydrogens is 498 g/mol. The number of aryl methyl sites for hydroxylation is 1. The first kappa shape index (κ1) is 25.2. The van der Waals surface area contributed by atoms with Crippen LogP contribution in [0.3, 0.4) is 0 Å². The largest absolute Gasteiger partial charge is 0.411 e. The molecule has 1 aromatic carbocycles. The second kappa shape index (κ2) is 12.7. The Hall–Kier alpha value is -1.82. The molecule has 0 fully saturated rings. The summed E-state index contributed by atoms with van der Waals surface area (Å²) in [7, 11) is 0. The number of alkyl halides is 3. The predicted octanol–water partition coefficient (Wildman–Crippen LogP) is 3.64. The van der Waals surface area contributed by atoms with Crippen LogP contribution < -0.4 is 10.6 Å². The van der Waals surface area contributed by atoms with Crippen molar-refractivity contribution in [2.75, 3.05) is 19.7 Å². The Bertz CT molecular complexity index is 747. The number of hydrogen-bond donors (Lipinski definition) is 2. The molecular formula is C19H27F3IN5O. The van der Waals surface area contributed by atoms with Crippen molar-refractivity contribution in [3.63, 3.8) is 0 Å². The summed E-state index contributed by atoms with van der Waals surface area (Å²) >= 11 is 0. The molecule has 0 radical (unpaired) electrons. The highest BCUT2D eigenvalue weighted by molar-refractivity contribution is 14.0. The highest BCUT2D eigenvalue weighted by Gasteiger charge is 2.27. The Morgan fingerprint density at radius 1 is 1.17 bits per heavy atom. The molecule has 0 aliphatic rings. The van der Waals surface area contributed by atoms with E-state index in [1.807, 2.05) is 43.1 Å². The third-order valence-electron chi connectivity index (χ3n) is 3.72. The minimum absolute atomic E-state index is 0. The van der Waals surface area contributed by atoms with Crippen LogP contribution in [0.2, 0.25) is 0 Å². The Labute approximate surface area is 185 Å². The van der Waals surface area contributed by atoms with Gasteiger partial charge in [0.15, 0.2) is 5.96 Å². The lowest BCUT2D eigenvalue weighted by molar-refractivity contribution is -0.176. The van der Waals surface area contributed by atoms with Gasteiger partial charge < -0.3 is 15.4 Å². The van der Waals surface area contributed by atoms with Gasteiger partial charge >= 0.3 is 6.18 Å². The molecule has 2 rings (SSSR count). The van der Waals surface area contributed by atoms with Crippen LogP contribution in [0.4, 0.5) is 13.2 Å². The summed E-state index contributed by atoms with van der Waals surface area (Å²) in [5.41, 5.74) is 2.77. The predicted molar refractivity (Wildman–Crippen MR) is 117 cm³/mol. The lowest BCUT2D eigenvalue weighted by atomic mass is 10.1. The number of halogens is 4. The molecule has 1 heterocycles. The van der Waals surface area contributed by atoms with Gasteiger partial charge in [0.25, 0.3) is 0 Å². The maximum absolute atomic E-state index is 12.1. The Morgan fingerprint density at radius 2 is 1.86 bits per heavy atom. The van der Waals surface area contributed by atoms with E-state index in [1.54, 1.807) is 12.1 Å². The lowest BCUT2D eigenvalue weighted by Crippen LogP contribution is -2.38. The zero-order valence-corrected chi connectivity index (χ0v) is 18.8. The fourth-order valence-electron chi connectivity index (χ4n) is 2.42. The number of aliphatic imine (C=N–C) groups is 1. The van der Waals surface area contributed by atoms with Gasteiger partial charge in [-0.15, -0.1) is 24.0 Å². The normalized spacial score (nSPS) is 11.8. The fraction of sp³-hybridized carbons (Fsp3) is 0.474. The van der Waals surface area contributed by atoms with Crippen molar-refractivity contribution in [1.29, 1.82) is 0 Å². The molecule has 1 aromatic heterocycles. The zero-order valence-electron chi connectivity index (χ0n) is 16.5. The summed E-state index contributed by atoms with van der Waals surface area (Å²) in [5.74, 6) is 0.698. The number of benzene rings is 1. The van der Waals surface area contributed by atoms with E-state index < -0.39 is 12.8 Å². The number of aromatic nitrogens is 2. The van der Waals surface area contributed by atoms with Gasteiger partial charge in [-0.2, -0.15) is 18.3 Å². The summed E-state index contributed by atoms with van der Waals surface area (Å²) in [5, 5.41) is 10.7. The van der Waals surface area contributed by atoms with Crippen LogP contribution in [-0.2, 0) is 24.4 Å². The first-order valence-corrected chi connectivity index (χ1v) is 9.09. The number of rotatable bonds is 9. The Balaban J connectivity index is 0.00000420. The van der Waals surface area contributed by atoms with Crippen molar-refractivity contribution in [3.8, 4) is 0 Å². The molecule has 29 heavy (non-hydrogen) atoms. The average Bonchev–Trinajstić information content (AvgIpc) is 3.05. The van der Waals surface area contributed by atoms with Gasteiger partial charge in [-0.25, -0.2) is 4.99 Å². The molecule has 0 unspecified atom stereocenters. The topological polar surface area (TPSA) is 63.5 Å². The molecule has 0 aliphatic heterocycles. The molecule has 2 N–H and O–H groups in total. The molecule has 0 bridgehead atoms. The van der Waals surface area contributed by atoms with E-state index in [-0.39, 0.29) is 30.6 Å². The monoisotopic (exact) mass is 525 g/mol. The van der Waals surface area contributed by atoms with Gasteiger partial charge in [0.05, 0.1) is 25.9 Å². The van der Waals surface area contributed by atoms with Crippen molar-refractivity contribution < 1.29 is 17.9 Å². The van der Waals surface area contributed by atoms with Gasteiger partial charge in [-0.05, 0) is 30.5 Å². The summed E-state index contributed by atoms with van der Waals surface area (Å²) < 4.78 is 42.8. The summed E-state index contributed by atoms with van der Waals surface area (Å²) in [6.07, 6.45) is -0.510. The summed E-state index contributed by atoms with van der Waals surface area (Å²) in [6, 6.07) is 7.18. The quantitative estimate of drug-likeness (QED) is 0.298. The minimum atomic E-state index is -4.30. The second-order valence-corrected chi connectivity index (χ2v) is 6.33. The number of nitrogens with zero attached hydrogens (tertiary/aromatic N) is 3. The molecule has 10 heteroatoms. The molecule has 6 nitrogen and oxygen atoms in total. The van der Waals surface area contributed by atoms with Gasteiger partial charge in [0.1, 0.15) is 6.61 Å². The first-order valence-electron chi connectivity index (χ1n) is 9.09. The van der Waals surface area contributed by atoms with Gasteiger partial charge in [-0.1, -0.05) is 24.3 Å². The van der Waals surface area contributed by atoms with E-state index in [9.17, 15) is 13.2 Å². The van der Waals surface area contributed by atoms with E-state index >= 15 is 0 Å². The van der Waals surface area contributed by atoms with Crippen LogP contribution >= 0.6 is 24.0 Å². The maximum atomic E-state index is 12.1. The number of ether oxygens (including phenoxy) is 1. The minimum Gasteiger partial charge on any atom is -0.367 e. The van der Waals surface area contributed by atoms with Crippen molar-refractivity contribution >= 4 is 29.9 Å². The van der Waals surface area contributed by atoms with E-state index in [4.69, 9.17) is 0 Å². The Kier molecular flexibility index (Phi) is 11.0. The molecule has 0 aliphatic carbocycles. The molecule has 162 valence electrons. The lowest BCUT2D eigenvalue weighted by Gasteiger charge is -2.11. The average molecular weight is 525 g/mol. The van der Waals surface area contributed by atoms with E-state index in [0.29, 0.717) is 24.6 Å². The van der Waals surface area contributed by atoms with Gasteiger partial charge in [0.2, 0.25) is 0 Å². The van der Waals surface area contributed by atoms with Crippen LogP contribution in [0, 0.1) is 6.92 Å². The second-order valence-electron chi connectivity index (χ2n) is 6.33. The fourth-order valence-corrected chi connectivity index (χ4v) is 2.42. The van der Waals surface area contributed by atoms with Crippen molar-refractivity contribution in [2.24, 2.45) is 4.99 Å². The van der Waals surface area contributed by atoms with Gasteiger partial charge in [0, 0.05) is 19.3 Å². The van der Waals surface area contributed by atoms with Crippen LogP contribution in [0.1, 0.15) is 23.6 Å². The van der Waals surface area contributed by atoms with Crippen molar-refractivity contribution in [3.05, 3.63) is 53.3 Å².